The van der Waals surface area contributed by atoms with Crippen molar-refractivity contribution in [1.82, 2.24) is 10.2 Å². The van der Waals surface area contributed by atoms with Crippen LogP contribution in [0.4, 0.5) is 5.69 Å². The minimum absolute atomic E-state index is 0.123. The SMILES string of the molecule is CNC(=O)[C@H]1[C@@H]2OC3(CC2Br)C(C(=O)Nc2c(C)cccc2Cl)N([C@@H](CO)C(C)C)C(=O)[C@H]13. The molecule has 0 radical (unpaired) electrons. The number of aryl methyl sites for hydroxylation is 1. The van der Waals surface area contributed by atoms with Crippen LogP contribution in [0.5, 0.6) is 0 Å². The fourth-order valence-electron chi connectivity index (χ4n) is 5.79. The average molecular weight is 543 g/mol. The van der Waals surface area contributed by atoms with Gasteiger partial charge in [-0.1, -0.05) is 53.5 Å². The summed E-state index contributed by atoms with van der Waals surface area (Å²) in [5.41, 5.74) is 0.0585. The first-order chi connectivity index (χ1) is 15.6. The summed E-state index contributed by atoms with van der Waals surface area (Å²) in [4.78, 5) is 41.8. The minimum Gasteiger partial charge on any atom is -0.394 e. The van der Waals surface area contributed by atoms with Crippen molar-refractivity contribution in [2.75, 3.05) is 19.0 Å². The first-order valence-corrected chi connectivity index (χ1v) is 12.4. The first kappa shape index (κ1) is 24.4. The van der Waals surface area contributed by atoms with E-state index in [4.69, 9.17) is 16.3 Å². The minimum atomic E-state index is -1.19. The largest absolute Gasteiger partial charge is 0.394 e. The number of nitrogens with one attached hydrogen (secondary N) is 2. The van der Waals surface area contributed by atoms with Gasteiger partial charge >= 0.3 is 0 Å². The number of nitrogens with zero attached hydrogens (tertiary/aromatic N) is 1. The van der Waals surface area contributed by atoms with E-state index in [1.807, 2.05) is 26.8 Å². The van der Waals surface area contributed by atoms with Crippen molar-refractivity contribution in [3.63, 3.8) is 0 Å². The van der Waals surface area contributed by atoms with E-state index in [2.05, 4.69) is 26.6 Å². The lowest BCUT2D eigenvalue weighted by molar-refractivity contribution is -0.145. The van der Waals surface area contributed by atoms with Crippen LogP contribution in [0.2, 0.25) is 5.02 Å². The average Bonchev–Trinajstić information content (AvgIpc) is 3.34. The van der Waals surface area contributed by atoms with Gasteiger partial charge in [0.1, 0.15) is 11.6 Å². The number of hydrogen-bond donors (Lipinski definition) is 3. The molecule has 3 fully saturated rings. The number of rotatable bonds is 6. The molecule has 8 nitrogen and oxygen atoms in total. The van der Waals surface area contributed by atoms with Gasteiger partial charge in [-0.3, -0.25) is 14.4 Å². The molecule has 7 atom stereocenters. The third kappa shape index (κ3) is 3.59. The molecule has 2 bridgehead atoms. The Bertz CT molecular complexity index is 971. The monoisotopic (exact) mass is 541 g/mol. The van der Waals surface area contributed by atoms with Crippen LogP contribution in [0.15, 0.2) is 18.2 Å². The van der Waals surface area contributed by atoms with Gasteiger partial charge in [0.25, 0.3) is 0 Å². The fourth-order valence-corrected chi connectivity index (χ4v) is 7.00. The summed E-state index contributed by atoms with van der Waals surface area (Å²) in [6.07, 6.45) is -0.126. The topological polar surface area (TPSA) is 108 Å². The molecule has 0 aliphatic carbocycles. The highest BCUT2D eigenvalue weighted by atomic mass is 79.9. The number of carbonyl (C=O) groups is 3. The summed E-state index contributed by atoms with van der Waals surface area (Å²) < 4.78 is 6.39. The smallest absolute Gasteiger partial charge is 0.250 e. The van der Waals surface area contributed by atoms with Gasteiger partial charge in [0.2, 0.25) is 17.7 Å². The number of fused-ring (bicyclic) bond motifs is 1. The van der Waals surface area contributed by atoms with Gasteiger partial charge in [-0.25, -0.2) is 0 Å². The van der Waals surface area contributed by atoms with Crippen molar-refractivity contribution in [2.45, 2.75) is 55.8 Å². The first-order valence-electron chi connectivity index (χ1n) is 11.1. The van der Waals surface area contributed by atoms with E-state index in [0.29, 0.717) is 17.1 Å². The number of halogens is 2. The van der Waals surface area contributed by atoms with Crippen LogP contribution in [-0.4, -0.2) is 70.0 Å². The zero-order valence-electron chi connectivity index (χ0n) is 19.0. The Hall–Kier alpha value is -1.68. The molecule has 3 heterocycles. The molecule has 0 aromatic heterocycles. The van der Waals surface area contributed by atoms with E-state index >= 15 is 0 Å². The standard InChI is InChI=1S/C23H29BrClN3O5/c1-10(2)14(9-29)28-19(21(31)27-17-11(3)6-5-7-13(17)25)23-8-12(24)18(33-23)15(20(30)26-4)16(23)22(28)32/h5-7,10,12,14-16,18-19,29H,8-9H2,1-4H3,(H,26,30)(H,27,31)/t12?,14-,15+,16-,18+,19?,23?/m0/s1. The molecular weight excluding hydrogens is 514 g/mol. The van der Waals surface area contributed by atoms with Crippen molar-refractivity contribution >= 4 is 50.9 Å². The van der Waals surface area contributed by atoms with Crippen LogP contribution < -0.4 is 10.6 Å². The number of amides is 3. The number of ether oxygens (including phenoxy) is 1. The van der Waals surface area contributed by atoms with Gasteiger partial charge < -0.3 is 25.4 Å². The molecule has 3 unspecified atom stereocenters. The Balaban J connectivity index is 1.82. The highest BCUT2D eigenvalue weighted by molar-refractivity contribution is 9.09. The van der Waals surface area contributed by atoms with Crippen LogP contribution >= 0.6 is 27.5 Å². The highest BCUT2D eigenvalue weighted by Crippen LogP contribution is 2.60. The van der Waals surface area contributed by atoms with Crippen LogP contribution in [0, 0.1) is 24.7 Å². The predicted molar refractivity (Wildman–Crippen MR) is 127 cm³/mol. The summed E-state index contributed by atoms with van der Waals surface area (Å²) in [6.45, 7) is 5.29. The van der Waals surface area contributed by atoms with E-state index in [1.54, 1.807) is 12.1 Å². The number of alkyl halides is 1. The van der Waals surface area contributed by atoms with E-state index in [0.717, 1.165) is 5.56 Å². The molecule has 10 heteroatoms. The number of para-hydroxylation sites is 1. The van der Waals surface area contributed by atoms with Crippen molar-refractivity contribution in [2.24, 2.45) is 17.8 Å². The predicted octanol–water partition coefficient (Wildman–Crippen LogP) is 2.10. The van der Waals surface area contributed by atoms with Gasteiger partial charge in [-0.05, 0) is 30.9 Å². The molecule has 33 heavy (non-hydrogen) atoms. The molecule has 1 spiro atoms. The molecule has 3 amide bonds. The zero-order chi connectivity index (χ0) is 24.2. The van der Waals surface area contributed by atoms with E-state index < -0.39 is 41.5 Å². The van der Waals surface area contributed by atoms with Crippen LogP contribution in [0.25, 0.3) is 0 Å². The van der Waals surface area contributed by atoms with Gasteiger partial charge in [-0.15, -0.1) is 0 Å². The van der Waals surface area contributed by atoms with Crippen molar-refractivity contribution in [3.8, 4) is 0 Å². The van der Waals surface area contributed by atoms with Crippen LogP contribution in [-0.2, 0) is 19.1 Å². The summed E-state index contributed by atoms with van der Waals surface area (Å²) >= 11 is 9.97. The molecule has 0 saturated carbocycles. The van der Waals surface area contributed by atoms with Crippen LogP contribution in [0.1, 0.15) is 25.8 Å². The lowest BCUT2D eigenvalue weighted by Gasteiger charge is -2.38. The third-order valence-electron chi connectivity index (χ3n) is 7.31. The zero-order valence-corrected chi connectivity index (χ0v) is 21.3. The quantitative estimate of drug-likeness (QED) is 0.477. The maximum atomic E-state index is 13.9. The molecule has 1 aromatic carbocycles. The molecule has 3 N–H and O–H groups in total. The number of aliphatic hydroxyl groups is 1. The maximum absolute atomic E-state index is 13.9. The van der Waals surface area contributed by atoms with Gasteiger partial charge in [0.15, 0.2) is 0 Å². The fraction of sp³-hybridized carbons (Fsp3) is 0.609. The van der Waals surface area contributed by atoms with Crippen molar-refractivity contribution in [3.05, 3.63) is 28.8 Å². The number of anilines is 1. The maximum Gasteiger partial charge on any atom is 0.250 e. The Morgan fingerprint density at radius 3 is 2.64 bits per heavy atom. The Morgan fingerprint density at radius 2 is 2.06 bits per heavy atom. The number of carbonyl (C=O) groups excluding carboxylic acids is 3. The van der Waals surface area contributed by atoms with E-state index in [-0.39, 0.29) is 29.2 Å². The Morgan fingerprint density at radius 1 is 1.36 bits per heavy atom. The van der Waals surface area contributed by atoms with Gasteiger partial charge in [-0.2, -0.15) is 0 Å². The molecule has 3 aliphatic rings. The number of hydrogen-bond acceptors (Lipinski definition) is 5. The summed E-state index contributed by atoms with van der Waals surface area (Å²) in [5, 5.41) is 16.1. The van der Waals surface area contributed by atoms with Crippen LogP contribution in [0.3, 0.4) is 0 Å². The Labute approximate surface area is 206 Å². The summed E-state index contributed by atoms with van der Waals surface area (Å²) in [5.74, 6) is -2.74. The lowest BCUT2D eigenvalue weighted by Crippen LogP contribution is -2.57. The second kappa shape index (κ2) is 8.83. The molecule has 180 valence electrons. The third-order valence-corrected chi connectivity index (χ3v) is 8.47. The van der Waals surface area contributed by atoms with Gasteiger partial charge in [0, 0.05) is 11.9 Å². The second-order valence-electron chi connectivity index (χ2n) is 9.44. The molecular formula is C23H29BrClN3O5. The molecule has 3 aliphatic heterocycles. The van der Waals surface area contributed by atoms with Crippen molar-refractivity contribution < 1.29 is 24.2 Å². The lowest BCUT2D eigenvalue weighted by atomic mass is 9.70. The van der Waals surface area contributed by atoms with E-state index in [9.17, 15) is 19.5 Å². The molecule has 1 aromatic rings. The normalized spacial score (nSPS) is 33.4. The summed E-state index contributed by atoms with van der Waals surface area (Å²) in [6, 6.07) is 3.67. The molecule has 3 saturated heterocycles. The Kier molecular flexibility index (Phi) is 6.54. The van der Waals surface area contributed by atoms with Crippen molar-refractivity contribution in [1.29, 1.82) is 0 Å². The number of benzene rings is 1. The summed E-state index contributed by atoms with van der Waals surface area (Å²) in [7, 11) is 1.52. The van der Waals surface area contributed by atoms with E-state index in [1.165, 1.54) is 11.9 Å². The highest BCUT2D eigenvalue weighted by Gasteiger charge is 2.77. The van der Waals surface area contributed by atoms with Gasteiger partial charge in [0.05, 0.1) is 41.3 Å². The molecule has 4 rings (SSSR count). The number of aliphatic hydroxyl groups excluding tert-OH is 1. The number of likely N-dealkylation sites (tertiary alicyclic amines) is 1. The second-order valence-corrected chi connectivity index (χ2v) is 11.0.